The van der Waals surface area contributed by atoms with Crippen molar-refractivity contribution < 1.29 is 17.6 Å². The summed E-state index contributed by atoms with van der Waals surface area (Å²) in [5.74, 6) is -1.20. The lowest BCUT2D eigenvalue weighted by atomic mass is 10.1. The molecule has 1 N–H and O–H groups in total. The largest absolute Gasteiger partial charge is 0.403 e. The first kappa shape index (κ1) is 17.8. The van der Waals surface area contributed by atoms with Gasteiger partial charge in [-0.15, -0.1) is 5.10 Å². The summed E-state index contributed by atoms with van der Waals surface area (Å²) in [6.45, 7) is 3.85. The van der Waals surface area contributed by atoms with E-state index in [9.17, 15) is 13.2 Å². The smallest absolute Gasteiger partial charge is 0.322 e. The summed E-state index contributed by atoms with van der Waals surface area (Å²) in [4.78, 5) is 12.1. The van der Waals surface area contributed by atoms with Gasteiger partial charge in [-0.2, -0.15) is 0 Å². The number of hydrogen-bond acceptors (Lipinski definition) is 6. The van der Waals surface area contributed by atoms with Gasteiger partial charge in [0.2, 0.25) is 11.8 Å². The molecule has 3 rings (SSSR count). The van der Waals surface area contributed by atoms with Gasteiger partial charge < -0.3 is 4.42 Å². The van der Waals surface area contributed by atoms with Gasteiger partial charge in [-0.3, -0.25) is 10.1 Å². The van der Waals surface area contributed by atoms with E-state index in [1.165, 1.54) is 12.1 Å². The molecule has 8 heteroatoms. The topological polar surface area (TPSA) is 102 Å². The second kappa shape index (κ2) is 7.09. The first-order chi connectivity index (χ1) is 12.3. The molecular formula is C18H17N3O4S. The molecule has 2 aromatic carbocycles. The number of nitrogens with zero attached hydrogens (tertiary/aromatic N) is 2. The molecule has 0 aliphatic carbocycles. The number of aryl methyl sites for hydroxylation is 2. The summed E-state index contributed by atoms with van der Waals surface area (Å²) in [5.41, 5.74) is 2.74. The highest BCUT2D eigenvalue weighted by atomic mass is 32.2. The van der Waals surface area contributed by atoms with Crippen molar-refractivity contribution in [2.75, 3.05) is 11.1 Å². The molecule has 1 amide bonds. The van der Waals surface area contributed by atoms with Gasteiger partial charge in [-0.25, -0.2) is 8.42 Å². The fraction of sp³-hybridized carbons (Fsp3) is 0.167. The normalized spacial score (nSPS) is 11.3. The average molecular weight is 371 g/mol. The third kappa shape index (κ3) is 3.97. The molecule has 0 spiro atoms. The Hall–Kier alpha value is -3.00. The van der Waals surface area contributed by atoms with Crippen LogP contribution in [0.5, 0.6) is 0 Å². The maximum atomic E-state index is 12.2. The number of hydrogen-bond donors (Lipinski definition) is 1. The standard InChI is InChI=1S/C18H17N3O4S/c1-12-8-9-13(2)15(10-12)17-20-21-18(25-17)19-16(22)11-26(23,24)14-6-4-3-5-7-14/h3-10H,11H2,1-2H3,(H,19,21,22). The third-order valence-electron chi connectivity index (χ3n) is 3.72. The van der Waals surface area contributed by atoms with Gasteiger partial charge in [0.05, 0.1) is 4.90 Å². The molecule has 0 saturated heterocycles. The van der Waals surface area contributed by atoms with Gasteiger partial charge in [0.1, 0.15) is 5.75 Å². The maximum absolute atomic E-state index is 12.2. The van der Waals surface area contributed by atoms with Crippen molar-refractivity contribution in [3.63, 3.8) is 0 Å². The average Bonchev–Trinajstić information content (AvgIpc) is 3.05. The van der Waals surface area contributed by atoms with Crippen molar-refractivity contribution in [2.45, 2.75) is 18.7 Å². The zero-order valence-corrected chi connectivity index (χ0v) is 15.1. The molecule has 0 aliphatic rings. The molecule has 1 heterocycles. The lowest BCUT2D eigenvalue weighted by Gasteiger charge is -2.04. The van der Waals surface area contributed by atoms with Crippen molar-refractivity contribution in [1.29, 1.82) is 0 Å². The van der Waals surface area contributed by atoms with E-state index in [-0.39, 0.29) is 16.8 Å². The Morgan fingerprint density at radius 2 is 1.81 bits per heavy atom. The third-order valence-corrected chi connectivity index (χ3v) is 5.35. The molecule has 134 valence electrons. The summed E-state index contributed by atoms with van der Waals surface area (Å²) in [6.07, 6.45) is 0. The van der Waals surface area contributed by atoms with E-state index in [0.717, 1.165) is 16.7 Å². The Balaban J connectivity index is 1.73. The van der Waals surface area contributed by atoms with Crippen LogP contribution in [0.2, 0.25) is 0 Å². The van der Waals surface area contributed by atoms with E-state index in [1.54, 1.807) is 18.2 Å². The van der Waals surface area contributed by atoms with Gasteiger partial charge in [0.25, 0.3) is 0 Å². The summed E-state index contributed by atoms with van der Waals surface area (Å²) in [7, 11) is -3.74. The van der Waals surface area contributed by atoms with Crippen LogP contribution >= 0.6 is 0 Å². The lowest BCUT2D eigenvalue weighted by molar-refractivity contribution is -0.114. The highest BCUT2D eigenvalue weighted by Gasteiger charge is 2.21. The number of sulfone groups is 1. The van der Waals surface area contributed by atoms with Crippen LogP contribution in [0.15, 0.2) is 57.8 Å². The van der Waals surface area contributed by atoms with Crippen LogP contribution in [0.1, 0.15) is 11.1 Å². The Labute approximate surface area is 151 Å². The monoisotopic (exact) mass is 371 g/mol. The first-order valence-electron chi connectivity index (χ1n) is 7.84. The van der Waals surface area contributed by atoms with Crippen LogP contribution in [0, 0.1) is 13.8 Å². The number of nitrogens with one attached hydrogen (secondary N) is 1. The highest BCUT2D eigenvalue weighted by molar-refractivity contribution is 7.92. The highest BCUT2D eigenvalue weighted by Crippen LogP contribution is 2.24. The van der Waals surface area contributed by atoms with E-state index in [2.05, 4.69) is 15.5 Å². The number of anilines is 1. The van der Waals surface area contributed by atoms with Crippen LogP contribution in [0.25, 0.3) is 11.5 Å². The quantitative estimate of drug-likeness (QED) is 0.740. The van der Waals surface area contributed by atoms with E-state index in [0.29, 0.717) is 0 Å². The Bertz CT molecular complexity index is 1040. The van der Waals surface area contributed by atoms with Gasteiger partial charge in [0.15, 0.2) is 9.84 Å². The number of aromatic nitrogens is 2. The van der Waals surface area contributed by atoms with Crippen molar-refractivity contribution >= 4 is 21.8 Å². The maximum Gasteiger partial charge on any atom is 0.322 e. The number of rotatable bonds is 5. The molecule has 0 aliphatic heterocycles. The minimum Gasteiger partial charge on any atom is -0.403 e. The second-order valence-electron chi connectivity index (χ2n) is 5.85. The molecule has 7 nitrogen and oxygen atoms in total. The van der Waals surface area contributed by atoms with Gasteiger partial charge in [-0.1, -0.05) is 41.0 Å². The molecule has 0 atom stereocenters. The van der Waals surface area contributed by atoms with E-state index < -0.39 is 21.5 Å². The van der Waals surface area contributed by atoms with Crippen molar-refractivity contribution in [1.82, 2.24) is 10.2 Å². The minimum absolute atomic E-state index is 0.0803. The molecule has 0 unspecified atom stereocenters. The fourth-order valence-electron chi connectivity index (χ4n) is 2.39. The Kier molecular flexibility index (Phi) is 4.85. The SMILES string of the molecule is Cc1ccc(C)c(-c2nnc(NC(=O)CS(=O)(=O)c3ccccc3)o2)c1. The van der Waals surface area contributed by atoms with Crippen LogP contribution in [-0.2, 0) is 14.6 Å². The summed E-state index contributed by atoms with van der Waals surface area (Å²) < 4.78 is 29.9. The fourth-order valence-corrected chi connectivity index (χ4v) is 3.54. The van der Waals surface area contributed by atoms with Crippen LogP contribution in [0.4, 0.5) is 6.01 Å². The molecule has 3 aromatic rings. The second-order valence-corrected chi connectivity index (χ2v) is 7.84. The molecule has 26 heavy (non-hydrogen) atoms. The zero-order valence-electron chi connectivity index (χ0n) is 14.3. The van der Waals surface area contributed by atoms with Gasteiger partial charge >= 0.3 is 6.01 Å². The summed E-state index contributed by atoms with van der Waals surface area (Å²) in [6, 6.07) is 13.4. The Morgan fingerprint density at radius 3 is 2.54 bits per heavy atom. The number of carbonyl (C=O) groups is 1. The van der Waals surface area contributed by atoms with Crippen molar-refractivity contribution in [3.8, 4) is 11.5 Å². The molecule has 0 saturated carbocycles. The zero-order chi connectivity index (χ0) is 18.7. The number of amides is 1. The number of carbonyl (C=O) groups excluding carboxylic acids is 1. The molecule has 0 bridgehead atoms. The Morgan fingerprint density at radius 1 is 1.08 bits per heavy atom. The van der Waals surface area contributed by atoms with Crippen LogP contribution in [-0.4, -0.2) is 30.3 Å². The van der Waals surface area contributed by atoms with Crippen molar-refractivity contribution in [3.05, 3.63) is 59.7 Å². The molecule has 0 fully saturated rings. The first-order valence-corrected chi connectivity index (χ1v) is 9.49. The molecule has 1 aromatic heterocycles. The van der Waals surface area contributed by atoms with Gasteiger partial charge in [0, 0.05) is 5.56 Å². The van der Waals surface area contributed by atoms with Gasteiger partial charge in [-0.05, 0) is 37.6 Å². The van der Waals surface area contributed by atoms with Crippen molar-refractivity contribution in [2.24, 2.45) is 0 Å². The molecular weight excluding hydrogens is 354 g/mol. The summed E-state index contributed by atoms with van der Waals surface area (Å²) >= 11 is 0. The predicted molar refractivity (Wildman–Crippen MR) is 96.3 cm³/mol. The minimum atomic E-state index is -3.74. The lowest BCUT2D eigenvalue weighted by Crippen LogP contribution is -2.23. The number of benzene rings is 2. The molecule has 0 radical (unpaired) electrons. The summed E-state index contributed by atoms with van der Waals surface area (Å²) in [5, 5.41) is 10.0. The van der Waals surface area contributed by atoms with E-state index >= 15 is 0 Å². The predicted octanol–water partition coefficient (Wildman–Crippen LogP) is 2.77. The van der Waals surface area contributed by atoms with E-state index in [1.807, 2.05) is 32.0 Å². The van der Waals surface area contributed by atoms with Crippen LogP contribution < -0.4 is 5.32 Å². The van der Waals surface area contributed by atoms with E-state index in [4.69, 9.17) is 4.42 Å². The van der Waals surface area contributed by atoms with Crippen LogP contribution in [0.3, 0.4) is 0 Å².